The van der Waals surface area contributed by atoms with Crippen molar-refractivity contribution in [2.75, 3.05) is 44.7 Å². The third-order valence-electron chi connectivity index (χ3n) is 7.54. The summed E-state index contributed by atoms with van der Waals surface area (Å²) in [5.74, 6) is 0.481. The summed E-state index contributed by atoms with van der Waals surface area (Å²) in [6.45, 7) is 17.4. The van der Waals surface area contributed by atoms with E-state index in [1.54, 1.807) is 7.05 Å². The van der Waals surface area contributed by atoms with Crippen LogP contribution in [0.25, 0.3) is 5.70 Å². The lowest BCUT2D eigenvalue weighted by Crippen LogP contribution is -2.58. The fourth-order valence-electron chi connectivity index (χ4n) is 5.57. The molecule has 1 atom stereocenters. The molecule has 198 valence electrons. The zero-order valence-corrected chi connectivity index (χ0v) is 23.0. The lowest BCUT2D eigenvalue weighted by Gasteiger charge is -2.48. The number of pyridine rings is 1. The van der Waals surface area contributed by atoms with Gasteiger partial charge in [-0.3, -0.25) is 9.89 Å². The van der Waals surface area contributed by atoms with Crippen molar-refractivity contribution in [2.45, 2.75) is 45.2 Å². The SMILES string of the molecule is C=C(N)OC(=NC)c1ccc(N2CCN(C3CCN(C(=C)c4ccc(Cl)cc4)CC3)[C@@H](CC)C2)c(C)n1. The highest BCUT2D eigenvalue weighted by atomic mass is 35.5. The normalized spacial score (nSPS) is 19.7. The Kier molecular flexibility index (Phi) is 8.77. The summed E-state index contributed by atoms with van der Waals surface area (Å²) < 4.78 is 5.43. The van der Waals surface area contributed by atoms with Gasteiger partial charge in [-0.05, 0) is 62.6 Å². The topological polar surface area (TPSA) is 70.2 Å². The van der Waals surface area contributed by atoms with E-state index in [4.69, 9.17) is 27.1 Å². The van der Waals surface area contributed by atoms with Crippen molar-refractivity contribution >= 4 is 28.9 Å². The van der Waals surface area contributed by atoms with Crippen LogP contribution in [0.2, 0.25) is 5.02 Å². The molecule has 0 radical (unpaired) electrons. The lowest BCUT2D eigenvalue weighted by atomic mass is 9.97. The van der Waals surface area contributed by atoms with Crippen molar-refractivity contribution in [3.8, 4) is 0 Å². The summed E-state index contributed by atoms with van der Waals surface area (Å²) in [5, 5.41) is 0.758. The smallest absolute Gasteiger partial charge is 0.242 e. The molecule has 3 heterocycles. The molecule has 0 aliphatic carbocycles. The second kappa shape index (κ2) is 12.0. The first-order valence-electron chi connectivity index (χ1n) is 13.1. The highest BCUT2D eigenvalue weighted by Crippen LogP contribution is 2.30. The van der Waals surface area contributed by atoms with E-state index in [1.165, 1.54) is 0 Å². The van der Waals surface area contributed by atoms with Gasteiger partial charge < -0.3 is 20.3 Å². The molecule has 0 saturated carbocycles. The molecule has 2 aliphatic rings. The fourth-order valence-corrected chi connectivity index (χ4v) is 5.69. The molecule has 0 bridgehead atoms. The van der Waals surface area contributed by atoms with Gasteiger partial charge in [0, 0.05) is 62.6 Å². The van der Waals surface area contributed by atoms with Crippen LogP contribution < -0.4 is 10.6 Å². The van der Waals surface area contributed by atoms with Crippen molar-refractivity contribution in [3.05, 3.63) is 77.4 Å². The Hall–Kier alpha value is -3.03. The summed E-state index contributed by atoms with van der Waals surface area (Å²) in [6.07, 6.45) is 3.44. The Morgan fingerprint density at radius 1 is 1.11 bits per heavy atom. The third-order valence-corrected chi connectivity index (χ3v) is 7.79. The Bertz CT molecular complexity index is 1140. The second-order valence-electron chi connectivity index (χ2n) is 9.82. The van der Waals surface area contributed by atoms with Gasteiger partial charge in [-0.1, -0.05) is 37.2 Å². The van der Waals surface area contributed by atoms with Crippen LogP contribution in [0.1, 0.15) is 43.1 Å². The predicted molar refractivity (Wildman–Crippen MR) is 154 cm³/mol. The summed E-state index contributed by atoms with van der Waals surface area (Å²) in [6, 6.07) is 13.2. The number of anilines is 1. The van der Waals surface area contributed by atoms with Gasteiger partial charge in [-0.2, -0.15) is 0 Å². The number of benzene rings is 1. The van der Waals surface area contributed by atoms with Gasteiger partial charge >= 0.3 is 0 Å². The van der Waals surface area contributed by atoms with Crippen LogP contribution in [-0.2, 0) is 4.74 Å². The van der Waals surface area contributed by atoms with Crippen LogP contribution in [-0.4, -0.2) is 72.5 Å². The fraction of sp³-hybridized carbons (Fsp3) is 0.448. The molecule has 8 heteroatoms. The van der Waals surface area contributed by atoms with Crippen LogP contribution in [0.5, 0.6) is 0 Å². The number of aromatic nitrogens is 1. The molecular formula is C29H39ClN6O. The van der Waals surface area contributed by atoms with E-state index in [0.29, 0.717) is 23.7 Å². The van der Waals surface area contributed by atoms with Gasteiger partial charge in [-0.25, -0.2) is 4.98 Å². The maximum absolute atomic E-state index is 6.06. The molecule has 0 unspecified atom stereocenters. The number of likely N-dealkylation sites (tertiary alicyclic amines) is 1. The minimum absolute atomic E-state index is 0.103. The van der Waals surface area contributed by atoms with E-state index < -0.39 is 0 Å². The number of piperidine rings is 1. The van der Waals surface area contributed by atoms with Gasteiger partial charge in [0.2, 0.25) is 5.90 Å². The largest absolute Gasteiger partial charge is 0.422 e. The molecule has 2 saturated heterocycles. The average molecular weight is 523 g/mol. The van der Waals surface area contributed by atoms with Crippen LogP contribution in [0.15, 0.2) is 60.4 Å². The van der Waals surface area contributed by atoms with E-state index in [-0.39, 0.29) is 5.88 Å². The Labute approximate surface area is 226 Å². The first-order chi connectivity index (χ1) is 17.8. The number of piperazine rings is 1. The Balaban J connectivity index is 1.37. The predicted octanol–water partition coefficient (Wildman–Crippen LogP) is 4.90. The highest BCUT2D eigenvalue weighted by molar-refractivity contribution is 6.30. The number of nitrogens with two attached hydrogens (primary N) is 1. The zero-order chi connectivity index (χ0) is 26.5. The minimum Gasteiger partial charge on any atom is -0.422 e. The second-order valence-corrected chi connectivity index (χ2v) is 10.3. The first-order valence-corrected chi connectivity index (χ1v) is 13.5. The maximum atomic E-state index is 6.06. The van der Waals surface area contributed by atoms with Crippen LogP contribution >= 0.6 is 11.6 Å². The maximum Gasteiger partial charge on any atom is 0.242 e. The standard InChI is InChI=1S/C29H39ClN6O/c1-6-25-19-35(28-12-11-27(33-20(28)2)29(32-5)37-22(4)31)17-18-36(25)26-13-15-34(16-14-26)21(3)23-7-9-24(30)10-8-23/h7-12,25-26H,3-4,6,13-19,31H2,1-2,5H3/t25-/m0/s1. The molecule has 2 fully saturated rings. The molecular weight excluding hydrogens is 484 g/mol. The Morgan fingerprint density at radius 2 is 1.81 bits per heavy atom. The summed E-state index contributed by atoms with van der Waals surface area (Å²) in [7, 11) is 1.66. The molecule has 1 aromatic heterocycles. The van der Waals surface area contributed by atoms with Crippen molar-refractivity contribution in [1.29, 1.82) is 0 Å². The molecule has 2 aromatic rings. The average Bonchev–Trinajstić information content (AvgIpc) is 2.91. The van der Waals surface area contributed by atoms with Crippen molar-refractivity contribution in [2.24, 2.45) is 10.7 Å². The molecule has 2 N–H and O–H groups in total. The Morgan fingerprint density at radius 3 is 2.41 bits per heavy atom. The number of hydrogen-bond acceptors (Lipinski definition) is 7. The summed E-state index contributed by atoms with van der Waals surface area (Å²) in [5.41, 5.74) is 10.6. The number of rotatable bonds is 7. The van der Waals surface area contributed by atoms with Gasteiger partial charge in [-0.15, -0.1) is 0 Å². The van der Waals surface area contributed by atoms with Gasteiger partial charge in [0.15, 0.2) is 5.88 Å². The summed E-state index contributed by atoms with van der Waals surface area (Å²) >= 11 is 6.06. The molecule has 4 rings (SSSR count). The monoisotopic (exact) mass is 522 g/mol. The van der Waals surface area contributed by atoms with Crippen LogP contribution in [0, 0.1) is 6.92 Å². The minimum atomic E-state index is 0.103. The van der Waals surface area contributed by atoms with E-state index in [2.05, 4.69) is 58.0 Å². The van der Waals surface area contributed by atoms with Crippen molar-refractivity contribution in [1.82, 2.24) is 14.8 Å². The third kappa shape index (κ3) is 6.28. The first kappa shape index (κ1) is 27.0. The molecule has 7 nitrogen and oxygen atoms in total. The van der Waals surface area contributed by atoms with Crippen molar-refractivity contribution < 1.29 is 4.74 Å². The van der Waals surface area contributed by atoms with Crippen molar-refractivity contribution in [3.63, 3.8) is 0 Å². The van der Waals surface area contributed by atoms with Gasteiger partial charge in [0.05, 0.1) is 11.4 Å². The number of aryl methyl sites for hydroxylation is 1. The zero-order valence-electron chi connectivity index (χ0n) is 22.3. The number of nitrogens with zero attached hydrogens (tertiary/aromatic N) is 5. The van der Waals surface area contributed by atoms with E-state index in [0.717, 1.165) is 79.7 Å². The molecule has 2 aliphatic heterocycles. The van der Waals surface area contributed by atoms with Crippen LogP contribution in [0.4, 0.5) is 5.69 Å². The quantitative estimate of drug-likeness (QED) is 0.317. The lowest BCUT2D eigenvalue weighted by molar-refractivity contribution is 0.0769. The van der Waals surface area contributed by atoms with E-state index in [9.17, 15) is 0 Å². The summed E-state index contributed by atoms with van der Waals surface area (Å²) in [4.78, 5) is 16.6. The number of hydrogen-bond donors (Lipinski definition) is 1. The molecule has 1 aromatic carbocycles. The van der Waals surface area contributed by atoms with E-state index >= 15 is 0 Å². The number of aliphatic imine (C=N–C) groups is 1. The highest BCUT2D eigenvalue weighted by Gasteiger charge is 2.34. The van der Waals surface area contributed by atoms with E-state index in [1.807, 2.05) is 25.1 Å². The molecule has 0 amide bonds. The molecule has 37 heavy (non-hydrogen) atoms. The number of halogens is 1. The van der Waals surface area contributed by atoms with Gasteiger partial charge in [0.1, 0.15) is 5.69 Å². The van der Waals surface area contributed by atoms with Crippen LogP contribution in [0.3, 0.4) is 0 Å². The number of ether oxygens (including phenoxy) is 1. The van der Waals surface area contributed by atoms with Gasteiger partial charge in [0.25, 0.3) is 0 Å². The molecule has 0 spiro atoms.